The molecule has 12 heteroatoms. The van der Waals surface area contributed by atoms with E-state index in [9.17, 15) is 18.6 Å². The van der Waals surface area contributed by atoms with Crippen LogP contribution in [0.4, 0.5) is 10.2 Å². The Bertz CT molecular complexity index is 1360. The Kier molecular flexibility index (Phi) is 7.09. The van der Waals surface area contributed by atoms with Crippen molar-refractivity contribution in [3.8, 4) is 11.1 Å². The number of hydrogen-bond acceptors (Lipinski definition) is 7. The summed E-state index contributed by atoms with van der Waals surface area (Å²) < 4.78 is 41.7. The number of anilines is 1. The smallest absolute Gasteiger partial charge is 0.211 e. The van der Waals surface area contributed by atoms with E-state index >= 15 is 4.39 Å². The number of benzene rings is 1. The van der Waals surface area contributed by atoms with Crippen molar-refractivity contribution < 1.29 is 23.0 Å². The Labute approximate surface area is 208 Å². The molecule has 1 saturated heterocycles. The quantitative estimate of drug-likeness (QED) is 0.451. The molecule has 3 heterocycles. The Morgan fingerprint density at radius 3 is 2.57 bits per heavy atom. The Morgan fingerprint density at radius 1 is 1.26 bits per heavy atom. The first-order chi connectivity index (χ1) is 16.4. The minimum atomic E-state index is -3.38. The van der Waals surface area contributed by atoms with Crippen LogP contribution < -0.4 is 5.32 Å². The van der Waals surface area contributed by atoms with Gasteiger partial charge in [-0.25, -0.2) is 22.8 Å². The molecule has 1 aliphatic rings. The Morgan fingerprint density at radius 2 is 1.97 bits per heavy atom. The molecule has 3 atom stereocenters. The normalized spacial score (nSPS) is 20.5. The lowest BCUT2D eigenvalue weighted by Crippen LogP contribution is -2.51. The monoisotopic (exact) mass is 525 g/mol. The first kappa shape index (κ1) is 25.8. The highest BCUT2D eigenvalue weighted by atomic mass is 35.5. The second-order valence-electron chi connectivity index (χ2n) is 9.21. The van der Waals surface area contributed by atoms with Crippen molar-refractivity contribution in [1.29, 1.82) is 0 Å². The number of hydrogen-bond donors (Lipinski definition) is 3. The van der Waals surface area contributed by atoms with Crippen LogP contribution in [-0.2, 0) is 10.0 Å². The van der Waals surface area contributed by atoms with E-state index in [2.05, 4.69) is 15.3 Å². The number of aliphatic hydroxyl groups excluding tert-OH is 2. The van der Waals surface area contributed by atoms with Crippen molar-refractivity contribution >= 4 is 38.5 Å². The summed E-state index contributed by atoms with van der Waals surface area (Å²) in [5.41, 5.74) is 1.75. The molecule has 0 saturated carbocycles. The average Bonchev–Trinajstić information content (AvgIpc) is 3.16. The van der Waals surface area contributed by atoms with Gasteiger partial charge in [-0.3, -0.25) is 0 Å². The molecule has 2 aromatic heterocycles. The van der Waals surface area contributed by atoms with Crippen LogP contribution in [-0.4, -0.2) is 69.0 Å². The molecule has 9 nitrogen and oxygen atoms in total. The predicted molar refractivity (Wildman–Crippen MR) is 133 cm³/mol. The lowest BCUT2D eigenvalue weighted by atomic mass is 10.0. The molecule has 0 spiro atoms. The molecule has 190 valence electrons. The lowest BCUT2D eigenvalue weighted by molar-refractivity contribution is 0.0952. The average molecular weight is 526 g/mol. The molecule has 1 aliphatic heterocycles. The number of pyridine rings is 1. The zero-order valence-corrected chi connectivity index (χ0v) is 21.5. The summed E-state index contributed by atoms with van der Waals surface area (Å²) in [4.78, 5) is 8.61. The summed E-state index contributed by atoms with van der Waals surface area (Å²) >= 11 is 6.44. The molecular weight excluding hydrogens is 497 g/mol. The third-order valence-electron chi connectivity index (χ3n) is 6.18. The molecule has 3 aromatic rings. The minimum absolute atomic E-state index is 0.0103. The molecule has 35 heavy (non-hydrogen) atoms. The van der Waals surface area contributed by atoms with Gasteiger partial charge in [0, 0.05) is 30.9 Å². The summed E-state index contributed by atoms with van der Waals surface area (Å²) in [6, 6.07) is 4.32. The predicted octanol–water partition coefficient (Wildman–Crippen LogP) is 3.33. The third kappa shape index (κ3) is 5.14. The van der Waals surface area contributed by atoms with Crippen LogP contribution in [0.2, 0.25) is 5.02 Å². The van der Waals surface area contributed by atoms with Crippen LogP contribution in [0.25, 0.3) is 22.2 Å². The standard InChI is InChI=1S/C23H29ClFN5O4S/c1-12(2)30-19-8-14(7-17(25)22(19)28-23(30)13(3)31)15-9-21(26-10-16(15)24)27-18-5-6-29(11-20(18)32)35(4,33)34/h7-10,12-13,18,20,31-32H,5-6,11H2,1-4H3,(H,26,27)/t13-,18+,20+/m0/s1. The molecular formula is C23H29ClFN5O4S. The number of aliphatic hydroxyl groups is 2. The van der Waals surface area contributed by atoms with Crippen LogP contribution in [0.1, 0.15) is 45.2 Å². The fourth-order valence-electron chi connectivity index (χ4n) is 4.46. The van der Waals surface area contributed by atoms with Gasteiger partial charge in [-0.05, 0) is 51.0 Å². The number of β-amino-alcohol motifs (C(OH)–C–C–N with tert-alkyl or cyclic N) is 1. The van der Waals surface area contributed by atoms with Gasteiger partial charge in [0.05, 0.1) is 28.9 Å². The van der Waals surface area contributed by atoms with E-state index in [1.807, 2.05) is 13.8 Å². The highest BCUT2D eigenvalue weighted by molar-refractivity contribution is 7.88. The van der Waals surface area contributed by atoms with Gasteiger partial charge in [0.1, 0.15) is 23.3 Å². The number of halogens is 2. The molecule has 0 aliphatic carbocycles. The van der Waals surface area contributed by atoms with Gasteiger partial charge in [-0.15, -0.1) is 0 Å². The number of fused-ring (bicyclic) bond motifs is 1. The molecule has 0 amide bonds. The maximum absolute atomic E-state index is 15.1. The SMILES string of the molecule is CC(C)n1c([C@H](C)O)nc2c(F)cc(-c3cc(N[C@@H]4CCN(S(C)(=O)=O)C[C@H]4O)ncc3Cl)cc21. The van der Waals surface area contributed by atoms with Gasteiger partial charge in [0.25, 0.3) is 0 Å². The van der Waals surface area contributed by atoms with Crippen molar-refractivity contribution in [1.82, 2.24) is 18.8 Å². The number of nitrogens with zero attached hydrogens (tertiary/aromatic N) is 4. The number of rotatable bonds is 6. The first-order valence-corrected chi connectivity index (χ1v) is 13.5. The van der Waals surface area contributed by atoms with Gasteiger partial charge in [0.2, 0.25) is 10.0 Å². The molecule has 0 bridgehead atoms. The molecule has 0 unspecified atom stereocenters. The van der Waals surface area contributed by atoms with E-state index < -0.39 is 34.1 Å². The van der Waals surface area contributed by atoms with E-state index in [1.54, 1.807) is 23.6 Å². The van der Waals surface area contributed by atoms with Crippen molar-refractivity contribution in [3.63, 3.8) is 0 Å². The maximum atomic E-state index is 15.1. The van der Waals surface area contributed by atoms with E-state index in [4.69, 9.17) is 11.6 Å². The highest BCUT2D eigenvalue weighted by Crippen LogP contribution is 2.35. The van der Waals surface area contributed by atoms with Gasteiger partial charge < -0.3 is 20.1 Å². The summed E-state index contributed by atoms with van der Waals surface area (Å²) in [5, 5.41) is 24.1. The van der Waals surface area contributed by atoms with E-state index in [-0.39, 0.29) is 24.6 Å². The van der Waals surface area contributed by atoms with Gasteiger partial charge >= 0.3 is 0 Å². The van der Waals surface area contributed by atoms with Crippen LogP contribution in [0.5, 0.6) is 0 Å². The Balaban J connectivity index is 1.69. The molecule has 4 rings (SSSR count). The lowest BCUT2D eigenvalue weighted by Gasteiger charge is -2.35. The minimum Gasteiger partial charge on any atom is -0.390 e. The summed E-state index contributed by atoms with van der Waals surface area (Å²) in [6.45, 7) is 5.72. The third-order valence-corrected chi connectivity index (χ3v) is 7.75. The molecule has 1 aromatic carbocycles. The highest BCUT2D eigenvalue weighted by Gasteiger charge is 2.32. The van der Waals surface area contributed by atoms with Crippen LogP contribution in [0.15, 0.2) is 24.4 Å². The number of piperidine rings is 1. The molecule has 3 N–H and O–H groups in total. The maximum Gasteiger partial charge on any atom is 0.211 e. The van der Waals surface area contributed by atoms with E-state index in [1.165, 1.54) is 16.6 Å². The van der Waals surface area contributed by atoms with Crippen molar-refractivity contribution in [2.75, 3.05) is 24.7 Å². The van der Waals surface area contributed by atoms with Crippen molar-refractivity contribution in [2.24, 2.45) is 0 Å². The summed E-state index contributed by atoms with van der Waals surface area (Å²) in [6.07, 6.45) is 1.16. The van der Waals surface area contributed by atoms with Gasteiger partial charge in [0.15, 0.2) is 5.82 Å². The fraction of sp³-hybridized carbons (Fsp3) is 0.478. The number of sulfonamides is 1. The molecule has 1 fully saturated rings. The first-order valence-electron chi connectivity index (χ1n) is 11.3. The number of aromatic nitrogens is 3. The summed E-state index contributed by atoms with van der Waals surface area (Å²) in [5.74, 6) is 0.261. The largest absolute Gasteiger partial charge is 0.390 e. The van der Waals surface area contributed by atoms with E-state index in [0.29, 0.717) is 39.7 Å². The van der Waals surface area contributed by atoms with Crippen LogP contribution in [0.3, 0.4) is 0 Å². The summed E-state index contributed by atoms with van der Waals surface area (Å²) in [7, 11) is -3.38. The van der Waals surface area contributed by atoms with Gasteiger partial charge in [-0.1, -0.05) is 11.6 Å². The van der Waals surface area contributed by atoms with Crippen molar-refractivity contribution in [3.05, 3.63) is 41.1 Å². The second-order valence-corrected chi connectivity index (χ2v) is 11.6. The number of imidazole rings is 1. The van der Waals surface area contributed by atoms with Crippen LogP contribution in [0, 0.1) is 5.82 Å². The van der Waals surface area contributed by atoms with Crippen molar-refractivity contribution in [2.45, 2.75) is 51.5 Å². The number of nitrogens with one attached hydrogen (secondary N) is 1. The molecule has 0 radical (unpaired) electrons. The fourth-order valence-corrected chi connectivity index (χ4v) is 5.54. The second kappa shape index (κ2) is 9.62. The van der Waals surface area contributed by atoms with Gasteiger partial charge in [-0.2, -0.15) is 4.31 Å². The topological polar surface area (TPSA) is 121 Å². The Hall–Kier alpha value is -2.31. The zero-order chi connectivity index (χ0) is 25.7. The zero-order valence-electron chi connectivity index (χ0n) is 19.9. The van der Waals surface area contributed by atoms with Crippen LogP contribution >= 0.6 is 11.6 Å². The van der Waals surface area contributed by atoms with E-state index in [0.717, 1.165) is 6.26 Å².